The molecule has 3 rings (SSSR count). The van der Waals surface area contributed by atoms with Crippen molar-refractivity contribution in [1.82, 2.24) is 5.32 Å². The highest BCUT2D eigenvalue weighted by atomic mass is 35.5. The Kier molecular flexibility index (Phi) is 8.05. The van der Waals surface area contributed by atoms with Crippen molar-refractivity contribution >= 4 is 11.6 Å². The lowest BCUT2D eigenvalue weighted by Crippen LogP contribution is -2.27. The predicted molar refractivity (Wildman–Crippen MR) is 116 cm³/mol. The summed E-state index contributed by atoms with van der Waals surface area (Å²) in [5.74, 6) is 1.35. The van der Waals surface area contributed by atoms with Crippen molar-refractivity contribution in [2.45, 2.75) is 71.6 Å². The number of rotatable bonds is 8. The number of benzene rings is 2. The van der Waals surface area contributed by atoms with Gasteiger partial charge in [-0.05, 0) is 55.5 Å². The van der Waals surface area contributed by atoms with Gasteiger partial charge in [-0.2, -0.15) is 0 Å². The Hall–Kier alpha value is -1.71. The quantitative estimate of drug-likeness (QED) is 0.516. The third-order valence-electron chi connectivity index (χ3n) is 5.45. The van der Waals surface area contributed by atoms with E-state index in [1.54, 1.807) is 0 Å². The summed E-state index contributed by atoms with van der Waals surface area (Å²) in [4.78, 5) is 0. The van der Waals surface area contributed by atoms with Gasteiger partial charge in [-0.15, -0.1) is 0 Å². The highest BCUT2D eigenvalue weighted by molar-refractivity contribution is 6.32. The third kappa shape index (κ3) is 5.89. The lowest BCUT2D eigenvalue weighted by Gasteiger charge is -2.19. The number of nitrogens with one attached hydrogen (secondary N) is 1. The van der Waals surface area contributed by atoms with Crippen LogP contribution in [0.15, 0.2) is 36.4 Å². The van der Waals surface area contributed by atoms with Gasteiger partial charge in [0.25, 0.3) is 0 Å². The molecule has 1 saturated carbocycles. The fraction of sp³-hybridized carbons (Fsp3) is 0.500. The van der Waals surface area contributed by atoms with E-state index in [1.807, 2.05) is 25.1 Å². The van der Waals surface area contributed by atoms with E-state index in [0.29, 0.717) is 30.0 Å². The molecule has 0 saturated heterocycles. The molecule has 1 aliphatic rings. The van der Waals surface area contributed by atoms with Gasteiger partial charge in [-0.25, -0.2) is 0 Å². The van der Waals surface area contributed by atoms with E-state index in [0.717, 1.165) is 23.4 Å². The van der Waals surface area contributed by atoms with Gasteiger partial charge in [0.1, 0.15) is 6.61 Å². The largest absolute Gasteiger partial charge is 0.490 e. The van der Waals surface area contributed by atoms with Gasteiger partial charge < -0.3 is 14.8 Å². The Balaban J connectivity index is 1.69. The second-order valence-corrected chi connectivity index (χ2v) is 8.03. The minimum Gasteiger partial charge on any atom is -0.490 e. The van der Waals surface area contributed by atoms with Crippen LogP contribution in [0.2, 0.25) is 5.02 Å². The molecule has 1 N–H and O–H groups in total. The molecule has 0 unspecified atom stereocenters. The highest BCUT2D eigenvalue weighted by Crippen LogP contribution is 2.37. The van der Waals surface area contributed by atoms with E-state index < -0.39 is 0 Å². The first kappa shape index (κ1) is 21.0. The average molecular weight is 402 g/mol. The molecule has 2 aromatic carbocycles. The lowest BCUT2D eigenvalue weighted by molar-refractivity contribution is 0.268. The van der Waals surface area contributed by atoms with Crippen LogP contribution in [0.1, 0.15) is 62.1 Å². The van der Waals surface area contributed by atoms with Crippen LogP contribution in [-0.4, -0.2) is 12.6 Å². The standard InChI is InChI=1S/C24H32ClNO2/c1-3-27-23-15-19(16-26-21-12-6-4-5-7-13-21)14-22(25)24(23)28-17-20-11-9-8-10-18(20)2/h8-11,14-15,21,26H,3-7,12-13,16-17H2,1-2H3. The van der Waals surface area contributed by atoms with Crippen molar-refractivity contribution < 1.29 is 9.47 Å². The van der Waals surface area contributed by atoms with Gasteiger partial charge in [-0.1, -0.05) is 61.5 Å². The molecule has 0 radical (unpaired) electrons. The Morgan fingerprint density at radius 2 is 1.79 bits per heavy atom. The summed E-state index contributed by atoms with van der Waals surface area (Å²) in [7, 11) is 0. The highest BCUT2D eigenvalue weighted by Gasteiger charge is 2.15. The minimum atomic E-state index is 0.478. The first-order valence-electron chi connectivity index (χ1n) is 10.5. The molecule has 0 heterocycles. The number of ether oxygens (including phenoxy) is 2. The second-order valence-electron chi connectivity index (χ2n) is 7.62. The van der Waals surface area contributed by atoms with Crippen LogP contribution in [0.3, 0.4) is 0 Å². The van der Waals surface area contributed by atoms with Crippen molar-refractivity contribution in [3.63, 3.8) is 0 Å². The summed E-state index contributed by atoms with van der Waals surface area (Å²) in [5.41, 5.74) is 3.50. The predicted octanol–water partition coefficient (Wildman–Crippen LogP) is 6.44. The molecule has 0 atom stereocenters. The number of hydrogen-bond donors (Lipinski definition) is 1. The molecule has 28 heavy (non-hydrogen) atoms. The van der Waals surface area contributed by atoms with Gasteiger partial charge in [-0.3, -0.25) is 0 Å². The molecular weight excluding hydrogens is 370 g/mol. The summed E-state index contributed by atoms with van der Waals surface area (Å²) in [6.07, 6.45) is 7.92. The topological polar surface area (TPSA) is 30.5 Å². The van der Waals surface area contributed by atoms with Gasteiger partial charge >= 0.3 is 0 Å². The maximum Gasteiger partial charge on any atom is 0.180 e. The van der Waals surface area contributed by atoms with Crippen LogP contribution in [0.5, 0.6) is 11.5 Å². The molecule has 4 heteroatoms. The Morgan fingerprint density at radius 1 is 1.04 bits per heavy atom. The van der Waals surface area contributed by atoms with Gasteiger partial charge in [0, 0.05) is 12.6 Å². The Bertz CT molecular complexity index is 754. The van der Waals surface area contributed by atoms with E-state index in [9.17, 15) is 0 Å². The monoisotopic (exact) mass is 401 g/mol. The van der Waals surface area contributed by atoms with Crippen LogP contribution < -0.4 is 14.8 Å². The van der Waals surface area contributed by atoms with E-state index in [2.05, 4.69) is 30.4 Å². The van der Waals surface area contributed by atoms with Crippen LogP contribution in [0.25, 0.3) is 0 Å². The number of halogens is 1. The molecule has 2 aromatic rings. The average Bonchev–Trinajstić information content (AvgIpc) is 2.96. The molecule has 0 spiro atoms. The van der Waals surface area contributed by atoms with Crippen LogP contribution in [0, 0.1) is 6.92 Å². The molecule has 0 bridgehead atoms. The van der Waals surface area contributed by atoms with Crippen LogP contribution in [-0.2, 0) is 13.2 Å². The van der Waals surface area contributed by atoms with Crippen molar-refractivity contribution in [2.75, 3.05) is 6.61 Å². The maximum absolute atomic E-state index is 6.59. The molecule has 0 amide bonds. The van der Waals surface area contributed by atoms with Gasteiger partial charge in [0.2, 0.25) is 0 Å². The first-order valence-corrected chi connectivity index (χ1v) is 10.9. The number of aryl methyl sites for hydroxylation is 1. The van der Waals surface area contributed by atoms with E-state index in [-0.39, 0.29) is 0 Å². The molecule has 1 aliphatic carbocycles. The van der Waals surface area contributed by atoms with Crippen LogP contribution in [0.4, 0.5) is 0 Å². The molecule has 0 aromatic heterocycles. The zero-order valence-corrected chi connectivity index (χ0v) is 17.9. The van der Waals surface area contributed by atoms with Gasteiger partial charge in [0.15, 0.2) is 11.5 Å². The third-order valence-corrected chi connectivity index (χ3v) is 5.73. The summed E-state index contributed by atoms with van der Waals surface area (Å²) < 4.78 is 11.9. The Labute approximate surface area is 174 Å². The normalized spacial score (nSPS) is 15.2. The maximum atomic E-state index is 6.59. The lowest BCUT2D eigenvalue weighted by atomic mass is 10.1. The fourth-order valence-electron chi connectivity index (χ4n) is 3.79. The molecule has 3 nitrogen and oxygen atoms in total. The number of hydrogen-bond acceptors (Lipinski definition) is 3. The van der Waals surface area contributed by atoms with Gasteiger partial charge in [0.05, 0.1) is 11.6 Å². The van der Waals surface area contributed by atoms with E-state index >= 15 is 0 Å². The van der Waals surface area contributed by atoms with Crippen molar-refractivity contribution in [1.29, 1.82) is 0 Å². The summed E-state index contributed by atoms with van der Waals surface area (Å²) >= 11 is 6.59. The molecular formula is C24H32ClNO2. The molecule has 152 valence electrons. The smallest absolute Gasteiger partial charge is 0.180 e. The molecule has 0 aliphatic heterocycles. The Morgan fingerprint density at radius 3 is 2.50 bits per heavy atom. The summed E-state index contributed by atoms with van der Waals surface area (Å²) in [5, 5.41) is 4.31. The zero-order valence-electron chi connectivity index (χ0n) is 17.1. The van der Waals surface area contributed by atoms with Crippen molar-refractivity contribution in [3.05, 3.63) is 58.1 Å². The fourth-order valence-corrected chi connectivity index (χ4v) is 4.08. The minimum absolute atomic E-state index is 0.478. The van der Waals surface area contributed by atoms with Crippen molar-refractivity contribution in [2.24, 2.45) is 0 Å². The van der Waals surface area contributed by atoms with E-state index in [1.165, 1.54) is 44.1 Å². The van der Waals surface area contributed by atoms with E-state index in [4.69, 9.17) is 21.1 Å². The first-order chi connectivity index (χ1) is 13.7. The zero-order chi connectivity index (χ0) is 19.8. The summed E-state index contributed by atoms with van der Waals surface area (Å²) in [6.45, 7) is 5.94. The van der Waals surface area contributed by atoms with Crippen molar-refractivity contribution in [3.8, 4) is 11.5 Å². The second kappa shape index (κ2) is 10.7. The van der Waals surface area contributed by atoms with Crippen LogP contribution >= 0.6 is 11.6 Å². The summed E-state index contributed by atoms with van der Waals surface area (Å²) in [6, 6.07) is 12.9. The SMILES string of the molecule is CCOc1cc(CNC2CCCCCC2)cc(Cl)c1OCc1ccccc1C. The molecule has 1 fully saturated rings.